The second kappa shape index (κ2) is 8.15. The number of fused-ring (bicyclic) bond motifs is 10. The van der Waals surface area contributed by atoms with Crippen LogP contribution in [-0.2, 0) is 0 Å². The van der Waals surface area contributed by atoms with E-state index in [9.17, 15) is 0 Å². The molecule has 9 aromatic carbocycles. The van der Waals surface area contributed by atoms with E-state index in [0.29, 0.717) is 0 Å². The van der Waals surface area contributed by atoms with Gasteiger partial charge in [0, 0.05) is 0 Å². The zero-order valence-electron chi connectivity index (χ0n) is 21.9. The molecule has 0 aromatic heterocycles. The Morgan fingerprint density at radius 1 is 0.225 bits per heavy atom. The van der Waals surface area contributed by atoms with Crippen molar-refractivity contribution in [2.24, 2.45) is 0 Å². The van der Waals surface area contributed by atoms with Gasteiger partial charge in [0.05, 0.1) is 0 Å². The van der Waals surface area contributed by atoms with Gasteiger partial charge in [0.1, 0.15) is 0 Å². The molecule has 0 bridgehead atoms. The fourth-order valence-corrected chi connectivity index (χ4v) is 6.77. The van der Waals surface area contributed by atoms with Crippen LogP contribution in [0.2, 0.25) is 0 Å². The largest absolute Gasteiger partial charge is 0.0616 e. The molecule has 0 unspecified atom stereocenters. The first-order chi connectivity index (χ1) is 19.8. The van der Waals surface area contributed by atoms with Crippen LogP contribution in [0.5, 0.6) is 0 Å². The first-order valence-electron chi connectivity index (χ1n) is 13.9. The Hall–Kier alpha value is -5.20. The molecule has 0 aliphatic carbocycles. The van der Waals surface area contributed by atoms with Crippen LogP contribution < -0.4 is 0 Å². The van der Waals surface area contributed by atoms with Gasteiger partial charge in [0.2, 0.25) is 0 Å². The van der Waals surface area contributed by atoms with Gasteiger partial charge in [0.25, 0.3) is 0 Å². The SMILES string of the molecule is c1ccc2cc3cc4c(-c5ccc6ccc7c(ccc8c9ccccc9ccc87)c6c5)cccc4cc3cc2c1. The zero-order valence-corrected chi connectivity index (χ0v) is 21.9. The Balaban J connectivity index is 1.29. The highest BCUT2D eigenvalue weighted by Crippen LogP contribution is 2.38. The van der Waals surface area contributed by atoms with Crippen LogP contribution in [0.4, 0.5) is 0 Å². The smallest absolute Gasteiger partial charge is 0.00987 e. The number of benzene rings is 9. The molecule has 9 rings (SSSR count). The Bertz CT molecular complexity index is 2480. The van der Waals surface area contributed by atoms with Gasteiger partial charge in [0.15, 0.2) is 0 Å². The van der Waals surface area contributed by atoms with E-state index in [-0.39, 0.29) is 0 Å². The molecule has 0 N–H and O–H groups in total. The Morgan fingerprint density at radius 3 is 1.52 bits per heavy atom. The van der Waals surface area contributed by atoms with Crippen molar-refractivity contribution in [3.63, 3.8) is 0 Å². The second-order valence-electron chi connectivity index (χ2n) is 11.0. The summed E-state index contributed by atoms with van der Waals surface area (Å²) in [5.41, 5.74) is 2.53. The van der Waals surface area contributed by atoms with Gasteiger partial charge >= 0.3 is 0 Å². The minimum Gasteiger partial charge on any atom is -0.0616 e. The summed E-state index contributed by atoms with van der Waals surface area (Å²) in [6, 6.07) is 54.0. The van der Waals surface area contributed by atoms with E-state index < -0.39 is 0 Å². The van der Waals surface area contributed by atoms with Crippen LogP contribution in [-0.4, -0.2) is 0 Å². The molecule has 0 amide bonds. The molecule has 0 spiro atoms. The van der Waals surface area contributed by atoms with Gasteiger partial charge in [-0.2, -0.15) is 0 Å². The first-order valence-corrected chi connectivity index (χ1v) is 13.9. The summed E-state index contributed by atoms with van der Waals surface area (Å²) in [7, 11) is 0. The molecule has 0 heterocycles. The topological polar surface area (TPSA) is 0 Å². The molecule has 0 radical (unpaired) electrons. The standard InChI is InChI=1S/C40H24/c1-2-8-28-21-32-24-40-29(22-31(32)20-27(28)7-1)9-5-11-34(40)30-13-12-26-15-17-37-36-16-14-25-6-3-4-10-33(25)35(36)18-19-38(37)39(26)23-30/h1-24H. The predicted molar refractivity (Wildman–Crippen MR) is 174 cm³/mol. The minimum atomic E-state index is 1.25. The van der Waals surface area contributed by atoms with Crippen LogP contribution >= 0.6 is 0 Å². The van der Waals surface area contributed by atoms with Crippen LogP contribution in [0.3, 0.4) is 0 Å². The molecular weight excluding hydrogens is 480 g/mol. The molecule has 0 aliphatic heterocycles. The van der Waals surface area contributed by atoms with Gasteiger partial charge in [-0.15, -0.1) is 0 Å². The van der Waals surface area contributed by atoms with Crippen LogP contribution in [0.25, 0.3) is 86.5 Å². The monoisotopic (exact) mass is 504 g/mol. The molecule has 0 heteroatoms. The third-order valence-electron chi connectivity index (χ3n) is 8.75. The maximum Gasteiger partial charge on any atom is -0.00987 e. The number of hydrogen-bond acceptors (Lipinski definition) is 0. The molecular formula is C40H24. The third-order valence-corrected chi connectivity index (χ3v) is 8.75. The van der Waals surface area contributed by atoms with Crippen LogP contribution in [0.15, 0.2) is 146 Å². The summed E-state index contributed by atoms with van der Waals surface area (Å²) in [4.78, 5) is 0. The molecule has 0 nitrogen and oxygen atoms in total. The van der Waals surface area contributed by atoms with Crippen molar-refractivity contribution in [3.05, 3.63) is 146 Å². The molecule has 40 heavy (non-hydrogen) atoms. The van der Waals surface area contributed by atoms with Crippen molar-refractivity contribution in [3.8, 4) is 11.1 Å². The van der Waals surface area contributed by atoms with E-state index in [2.05, 4.69) is 146 Å². The number of rotatable bonds is 1. The van der Waals surface area contributed by atoms with Crippen molar-refractivity contribution in [1.29, 1.82) is 0 Å². The third kappa shape index (κ3) is 3.14. The van der Waals surface area contributed by atoms with Crippen molar-refractivity contribution in [1.82, 2.24) is 0 Å². The van der Waals surface area contributed by atoms with Gasteiger partial charge in [-0.3, -0.25) is 0 Å². The van der Waals surface area contributed by atoms with Crippen LogP contribution in [0, 0.1) is 0 Å². The molecule has 0 saturated carbocycles. The van der Waals surface area contributed by atoms with E-state index in [1.165, 1.54) is 86.5 Å². The first kappa shape index (κ1) is 21.7. The fourth-order valence-electron chi connectivity index (χ4n) is 6.77. The molecule has 0 saturated heterocycles. The molecule has 0 atom stereocenters. The second-order valence-corrected chi connectivity index (χ2v) is 11.0. The quantitative estimate of drug-likeness (QED) is 0.154. The van der Waals surface area contributed by atoms with Gasteiger partial charge in [-0.05, 0) is 117 Å². The maximum atomic E-state index is 2.39. The van der Waals surface area contributed by atoms with E-state index in [0.717, 1.165) is 0 Å². The Kier molecular flexibility index (Phi) is 4.42. The number of hydrogen-bond donors (Lipinski definition) is 0. The van der Waals surface area contributed by atoms with Gasteiger partial charge in [-0.25, -0.2) is 0 Å². The predicted octanol–water partition coefficient (Wildman–Crippen LogP) is 11.4. The highest BCUT2D eigenvalue weighted by atomic mass is 14.1. The maximum absolute atomic E-state index is 2.39. The summed E-state index contributed by atoms with van der Waals surface area (Å²) in [6.45, 7) is 0. The normalized spacial score (nSPS) is 12.0. The molecule has 9 aromatic rings. The average molecular weight is 505 g/mol. The highest BCUT2D eigenvalue weighted by molar-refractivity contribution is 6.22. The lowest BCUT2D eigenvalue weighted by Crippen LogP contribution is -1.86. The van der Waals surface area contributed by atoms with Gasteiger partial charge < -0.3 is 0 Å². The zero-order chi connectivity index (χ0) is 26.2. The van der Waals surface area contributed by atoms with Crippen molar-refractivity contribution >= 4 is 75.4 Å². The average Bonchev–Trinajstić information content (AvgIpc) is 3.01. The van der Waals surface area contributed by atoms with Gasteiger partial charge in [-0.1, -0.05) is 115 Å². The fraction of sp³-hybridized carbons (Fsp3) is 0. The Labute approximate surface area is 231 Å². The summed E-state index contributed by atoms with van der Waals surface area (Å²) in [5, 5.41) is 18.1. The lowest BCUT2D eigenvalue weighted by Gasteiger charge is -2.13. The molecule has 0 fully saturated rings. The van der Waals surface area contributed by atoms with E-state index in [1.54, 1.807) is 0 Å². The van der Waals surface area contributed by atoms with Crippen molar-refractivity contribution < 1.29 is 0 Å². The van der Waals surface area contributed by atoms with Crippen LogP contribution in [0.1, 0.15) is 0 Å². The summed E-state index contributed by atoms with van der Waals surface area (Å²) < 4.78 is 0. The summed E-state index contributed by atoms with van der Waals surface area (Å²) in [6.07, 6.45) is 0. The van der Waals surface area contributed by atoms with E-state index in [1.807, 2.05) is 0 Å². The van der Waals surface area contributed by atoms with Crippen molar-refractivity contribution in [2.75, 3.05) is 0 Å². The summed E-state index contributed by atoms with van der Waals surface area (Å²) in [5.74, 6) is 0. The van der Waals surface area contributed by atoms with E-state index in [4.69, 9.17) is 0 Å². The highest BCUT2D eigenvalue weighted by Gasteiger charge is 2.11. The minimum absolute atomic E-state index is 1.25. The Morgan fingerprint density at radius 2 is 0.750 bits per heavy atom. The summed E-state index contributed by atoms with van der Waals surface area (Å²) >= 11 is 0. The molecule has 184 valence electrons. The van der Waals surface area contributed by atoms with E-state index >= 15 is 0 Å². The molecule has 0 aliphatic rings. The van der Waals surface area contributed by atoms with Crippen molar-refractivity contribution in [2.45, 2.75) is 0 Å². The lowest BCUT2D eigenvalue weighted by atomic mass is 9.91. The lowest BCUT2D eigenvalue weighted by molar-refractivity contribution is 1.70.